The van der Waals surface area contributed by atoms with Gasteiger partial charge < -0.3 is 14.9 Å². The molecular formula is C22H24ClN3O3S. The van der Waals surface area contributed by atoms with Crippen LogP contribution in [-0.2, 0) is 9.63 Å². The quantitative estimate of drug-likeness (QED) is 0.527. The molecule has 0 bridgehead atoms. The van der Waals surface area contributed by atoms with Gasteiger partial charge in [0.15, 0.2) is 0 Å². The summed E-state index contributed by atoms with van der Waals surface area (Å²) < 4.78 is 5.95. The SMILES string of the molecule is C#Cc1cnc2c(Cl)cc(OC(SC)C(=O)NC(C)(C)C3=NOC(C)(C)C3)cc2c1. The summed E-state index contributed by atoms with van der Waals surface area (Å²) in [4.78, 5) is 22.7. The number of carbonyl (C=O) groups excluding carboxylic acids is 1. The van der Waals surface area contributed by atoms with E-state index in [0.717, 1.165) is 11.1 Å². The third-order valence-corrected chi connectivity index (χ3v) is 5.73. The number of aromatic nitrogens is 1. The monoisotopic (exact) mass is 445 g/mol. The summed E-state index contributed by atoms with van der Waals surface area (Å²) in [6.07, 6.45) is 9.48. The number of hydrogen-bond acceptors (Lipinski definition) is 6. The summed E-state index contributed by atoms with van der Waals surface area (Å²) in [6.45, 7) is 7.70. The Morgan fingerprint density at radius 3 is 2.77 bits per heavy atom. The Kier molecular flexibility index (Phi) is 6.21. The Morgan fingerprint density at radius 1 is 1.43 bits per heavy atom. The molecule has 3 rings (SSSR count). The predicted molar refractivity (Wildman–Crippen MR) is 122 cm³/mol. The minimum absolute atomic E-state index is 0.272. The normalized spacial score (nSPS) is 16.4. The van der Waals surface area contributed by atoms with E-state index in [2.05, 4.69) is 21.4 Å². The van der Waals surface area contributed by atoms with Crippen LogP contribution < -0.4 is 10.1 Å². The lowest BCUT2D eigenvalue weighted by atomic mass is 9.90. The van der Waals surface area contributed by atoms with Gasteiger partial charge in [0.1, 0.15) is 11.4 Å². The van der Waals surface area contributed by atoms with Crippen LogP contribution in [0, 0.1) is 12.3 Å². The summed E-state index contributed by atoms with van der Waals surface area (Å²) in [6, 6.07) is 5.22. The second-order valence-electron chi connectivity index (χ2n) is 8.21. The van der Waals surface area contributed by atoms with Crippen molar-refractivity contribution in [2.24, 2.45) is 5.16 Å². The molecule has 0 radical (unpaired) electrons. The van der Waals surface area contributed by atoms with E-state index in [1.54, 1.807) is 30.7 Å². The Bertz CT molecular complexity index is 1060. The fraction of sp³-hybridized carbons (Fsp3) is 0.409. The number of carbonyl (C=O) groups is 1. The molecule has 1 atom stereocenters. The van der Waals surface area contributed by atoms with Gasteiger partial charge in [0.25, 0.3) is 5.91 Å². The van der Waals surface area contributed by atoms with E-state index in [1.807, 2.05) is 27.7 Å². The number of oxime groups is 1. The standard InChI is InChI=1S/C22H24ClN3O3S/c1-7-13-8-14-9-15(10-16(23)18(14)24-12-13)28-20(30-6)19(27)25-22(4,5)17-11-21(2,3)29-26-17/h1,8-10,12,20H,11H2,2-6H3,(H,25,27). The number of ether oxygens (including phenoxy) is 1. The summed E-state index contributed by atoms with van der Waals surface area (Å²) in [5, 5.41) is 8.33. The number of amides is 1. The van der Waals surface area contributed by atoms with Crippen LogP contribution in [0.5, 0.6) is 5.75 Å². The zero-order chi connectivity index (χ0) is 22.1. The van der Waals surface area contributed by atoms with E-state index >= 15 is 0 Å². The number of fused-ring (bicyclic) bond motifs is 1. The van der Waals surface area contributed by atoms with Crippen molar-refractivity contribution < 1.29 is 14.4 Å². The highest BCUT2D eigenvalue weighted by Gasteiger charge is 2.39. The molecule has 0 spiro atoms. The van der Waals surface area contributed by atoms with Crippen molar-refractivity contribution in [3.8, 4) is 18.1 Å². The Labute approximate surface area is 185 Å². The summed E-state index contributed by atoms with van der Waals surface area (Å²) in [5.41, 5.74) is 0.212. The number of nitrogens with zero attached hydrogens (tertiary/aromatic N) is 2. The van der Waals surface area contributed by atoms with E-state index in [9.17, 15) is 4.79 Å². The maximum atomic E-state index is 12.9. The van der Waals surface area contributed by atoms with E-state index in [4.69, 9.17) is 27.6 Å². The molecule has 1 unspecified atom stereocenters. The average Bonchev–Trinajstić information content (AvgIpc) is 3.06. The summed E-state index contributed by atoms with van der Waals surface area (Å²) in [7, 11) is 0. The molecule has 6 nitrogen and oxygen atoms in total. The average molecular weight is 446 g/mol. The Hall–Kier alpha value is -2.43. The van der Waals surface area contributed by atoms with Crippen LogP contribution in [0.1, 0.15) is 39.7 Å². The lowest BCUT2D eigenvalue weighted by molar-refractivity contribution is -0.125. The molecule has 1 aromatic heterocycles. The fourth-order valence-electron chi connectivity index (χ4n) is 3.08. The Morgan fingerprint density at radius 2 is 2.17 bits per heavy atom. The molecular weight excluding hydrogens is 422 g/mol. The number of pyridine rings is 1. The number of nitrogens with one attached hydrogen (secondary N) is 1. The van der Waals surface area contributed by atoms with Gasteiger partial charge in [0.2, 0.25) is 5.44 Å². The lowest BCUT2D eigenvalue weighted by Gasteiger charge is -2.28. The van der Waals surface area contributed by atoms with E-state index in [-0.39, 0.29) is 11.5 Å². The minimum Gasteiger partial charge on any atom is -0.470 e. The molecule has 0 saturated carbocycles. The highest BCUT2D eigenvalue weighted by molar-refractivity contribution is 7.99. The molecule has 1 amide bonds. The third-order valence-electron chi connectivity index (χ3n) is 4.70. The van der Waals surface area contributed by atoms with Crippen molar-refractivity contribution in [1.82, 2.24) is 10.3 Å². The van der Waals surface area contributed by atoms with Gasteiger partial charge in [0, 0.05) is 29.6 Å². The van der Waals surface area contributed by atoms with Crippen molar-refractivity contribution in [3.63, 3.8) is 0 Å². The molecule has 1 N–H and O–H groups in total. The molecule has 2 aromatic rings. The van der Waals surface area contributed by atoms with Crippen LogP contribution in [0.2, 0.25) is 5.02 Å². The molecule has 2 heterocycles. The number of hydrogen-bond donors (Lipinski definition) is 1. The lowest BCUT2D eigenvalue weighted by Crippen LogP contribution is -2.53. The van der Waals surface area contributed by atoms with Crippen molar-refractivity contribution in [3.05, 3.63) is 35.0 Å². The molecule has 1 aliphatic rings. The number of thioether (sulfide) groups is 1. The third kappa shape index (κ3) is 4.82. The smallest absolute Gasteiger partial charge is 0.272 e. The molecule has 0 aliphatic carbocycles. The van der Waals surface area contributed by atoms with Gasteiger partial charge >= 0.3 is 0 Å². The van der Waals surface area contributed by atoms with Crippen LogP contribution in [0.25, 0.3) is 10.9 Å². The fourth-order valence-corrected chi connectivity index (χ4v) is 3.83. The van der Waals surface area contributed by atoms with Crippen molar-refractivity contribution in [2.45, 2.75) is 50.7 Å². The first kappa shape index (κ1) is 22.3. The van der Waals surface area contributed by atoms with Crippen LogP contribution in [-0.4, -0.2) is 39.4 Å². The minimum atomic E-state index is -0.780. The van der Waals surface area contributed by atoms with E-state index in [0.29, 0.717) is 28.3 Å². The van der Waals surface area contributed by atoms with Gasteiger partial charge in [-0.3, -0.25) is 9.78 Å². The molecule has 158 valence electrons. The maximum absolute atomic E-state index is 12.9. The highest BCUT2D eigenvalue weighted by atomic mass is 35.5. The summed E-state index contributed by atoms with van der Waals surface area (Å²) in [5.74, 6) is 2.74. The van der Waals surface area contributed by atoms with Crippen molar-refractivity contribution in [2.75, 3.05) is 6.26 Å². The van der Waals surface area contributed by atoms with Gasteiger partial charge in [0.05, 0.1) is 21.8 Å². The predicted octanol–water partition coefficient (Wildman–Crippen LogP) is 4.39. The zero-order valence-corrected chi connectivity index (χ0v) is 19.1. The molecule has 0 saturated heterocycles. The van der Waals surface area contributed by atoms with E-state index in [1.165, 1.54) is 11.8 Å². The van der Waals surface area contributed by atoms with Crippen LogP contribution in [0.15, 0.2) is 29.6 Å². The van der Waals surface area contributed by atoms with Gasteiger partial charge in [-0.25, -0.2) is 0 Å². The first-order chi connectivity index (χ1) is 14.0. The van der Waals surface area contributed by atoms with Gasteiger partial charge in [-0.05, 0) is 46.1 Å². The molecule has 8 heteroatoms. The number of terminal acetylenes is 1. The van der Waals surface area contributed by atoms with Gasteiger partial charge in [-0.15, -0.1) is 18.2 Å². The molecule has 1 aromatic carbocycles. The second-order valence-corrected chi connectivity index (χ2v) is 9.52. The van der Waals surface area contributed by atoms with Crippen molar-refractivity contribution in [1.29, 1.82) is 0 Å². The number of halogens is 1. The van der Waals surface area contributed by atoms with Crippen LogP contribution >= 0.6 is 23.4 Å². The first-order valence-electron chi connectivity index (χ1n) is 9.37. The largest absolute Gasteiger partial charge is 0.470 e. The number of benzene rings is 1. The van der Waals surface area contributed by atoms with Gasteiger partial charge in [-0.1, -0.05) is 22.7 Å². The highest BCUT2D eigenvalue weighted by Crippen LogP contribution is 2.31. The topological polar surface area (TPSA) is 72.8 Å². The first-order valence-corrected chi connectivity index (χ1v) is 11.0. The van der Waals surface area contributed by atoms with Crippen LogP contribution in [0.3, 0.4) is 0 Å². The second kappa shape index (κ2) is 8.37. The molecule has 30 heavy (non-hydrogen) atoms. The van der Waals surface area contributed by atoms with E-state index < -0.39 is 11.0 Å². The summed E-state index contributed by atoms with van der Waals surface area (Å²) >= 11 is 7.63. The Balaban J connectivity index is 1.78. The molecule has 0 fully saturated rings. The van der Waals surface area contributed by atoms with Gasteiger partial charge in [-0.2, -0.15) is 0 Å². The van der Waals surface area contributed by atoms with Crippen LogP contribution in [0.4, 0.5) is 0 Å². The van der Waals surface area contributed by atoms with Crippen molar-refractivity contribution >= 4 is 45.9 Å². The zero-order valence-electron chi connectivity index (χ0n) is 17.6. The molecule has 1 aliphatic heterocycles. The maximum Gasteiger partial charge on any atom is 0.272 e. The number of rotatable bonds is 6.